The summed E-state index contributed by atoms with van der Waals surface area (Å²) in [6, 6.07) is 12.4. The lowest BCUT2D eigenvalue weighted by Crippen LogP contribution is -2.24. The molecule has 1 saturated heterocycles. The third kappa shape index (κ3) is 7.23. The average Bonchev–Trinajstić information content (AvgIpc) is 2.95. The van der Waals surface area contributed by atoms with E-state index in [0.717, 1.165) is 35.2 Å². The predicted octanol–water partition coefficient (Wildman–Crippen LogP) is 7.51. The molecule has 1 aliphatic heterocycles. The van der Waals surface area contributed by atoms with Crippen molar-refractivity contribution in [3.63, 3.8) is 0 Å². The summed E-state index contributed by atoms with van der Waals surface area (Å²) in [7, 11) is 0. The third-order valence-corrected chi connectivity index (χ3v) is 5.06. The van der Waals surface area contributed by atoms with Crippen LogP contribution in [0.1, 0.15) is 52.8 Å². The lowest BCUT2D eigenvalue weighted by Gasteiger charge is -2.13. The summed E-state index contributed by atoms with van der Waals surface area (Å²) in [4.78, 5) is 18.4. The van der Waals surface area contributed by atoms with Gasteiger partial charge in [0.1, 0.15) is 6.10 Å². The molecule has 172 valence electrons. The minimum atomic E-state index is -0.229. The summed E-state index contributed by atoms with van der Waals surface area (Å²) < 4.78 is 5.58. The van der Waals surface area contributed by atoms with E-state index < -0.39 is 0 Å². The standard InChI is InChI=1S/C24H24N2O2.C2H6.2CH4/c1-18-8-11-22(15-25-18)21-12-9-20(10-13-21)16-26-17-23(28-24(26)27)14-19-6-4-2-3-5-7-19;1-2;;/h2-4,6-13,15,23H,5,14,16-17H2,1H3;1-2H3;2*1H4. The van der Waals surface area contributed by atoms with E-state index in [1.807, 2.05) is 45.2 Å². The monoisotopic (exact) mass is 434 g/mol. The van der Waals surface area contributed by atoms with Crippen molar-refractivity contribution >= 4 is 6.09 Å². The third-order valence-electron chi connectivity index (χ3n) is 5.06. The van der Waals surface area contributed by atoms with Gasteiger partial charge >= 0.3 is 6.09 Å². The van der Waals surface area contributed by atoms with Gasteiger partial charge in [0.2, 0.25) is 0 Å². The first kappa shape index (κ1) is 26.9. The Morgan fingerprint density at radius 2 is 1.75 bits per heavy atom. The van der Waals surface area contributed by atoms with Gasteiger partial charge in [-0.15, -0.1) is 0 Å². The molecule has 1 fully saturated rings. The van der Waals surface area contributed by atoms with Crippen LogP contribution < -0.4 is 0 Å². The van der Waals surface area contributed by atoms with Gasteiger partial charge in [-0.2, -0.15) is 0 Å². The number of nitrogens with zero attached hydrogens (tertiary/aromatic N) is 2. The number of hydrogen-bond donors (Lipinski definition) is 0. The first-order valence-corrected chi connectivity index (χ1v) is 10.7. The highest BCUT2D eigenvalue weighted by atomic mass is 16.6. The second-order valence-electron chi connectivity index (χ2n) is 7.28. The van der Waals surface area contributed by atoms with Crippen molar-refractivity contribution in [2.24, 2.45) is 0 Å². The minimum Gasteiger partial charge on any atom is -0.444 e. The van der Waals surface area contributed by atoms with Gasteiger partial charge in [0.15, 0.2) is 0 Å². The number of cyclic esters (lactones) is 1. The van der Waals surface area contributed by atoms with E-state index in [-0.39, 0.29) is 27.1 Å². The topological polar surface area (TPSA) is 42.4 Å². The van der Waals surface area contributed by atoms with Gasteiger partial charge in [0, 0.05) is 30.4 Å². The second-order valence-corrected chi connectivity index (χ2v) is 7.28. The zero-order valence-corrected chi connectivity index (χ0v) is 18.0. The van der Waals surface area contributed by atoms with Gasteiger partial charge in [-0.1, -0.05) is 89.4 Å². The molecule has 0 spiro atoms. The molecular formula is C28H38N2O2. The van der Waals surface area contributed by atoms with Gasteiger partial charge < -0.3 is 9.64 Å². The number of aromatic nitrogens is 1. The molecule has 0 radical (unpaired) electrons. The highest BCUT2D eigenvalue weighted by Gasteiger charge is 2.31. The van der Waals surface area contributed by atoms with Gasteiger partial charge in [-0.25, -0.2) is 4.79 Å². The van der Waals surface area contributed by atoms with E-state index in [4.69, 9.17) is 4.74 Å². The molecule has 2 heterocycles. The molecule has 1 aromatic heterocycles. The number of aryl methyl sites for hydroxylation is 1. The Kier molecular flexibility index (Phi) is 11.2. The number of rotatable bonds is 5. The Hall–Kier alpha value is -3.14. The van der Waals surface area contributed by atoms with Gasteiger partial charge in [-0.3, -0.25) is 4.98 Å². The minimum absolute atomic E-state index is 0. The maximum Gasteiger partial charge on any atom is 0.410 e. The van der Waals surface area contributed by atoms with Crippen molar-refractivity contribution in [2.45, 2.75) is 61.1 Å². The Labute approximate surface area is 194 Å². The number of benzene rings is 1. The van der Waals surface area contributed by atoms with E-state index in [2.05, 4.69) is 53.5 Å². The quantitative estimate of drug-likeness (QED) is 0.489. The van der Waals surface area contributed by atoms with Gasteiger partial charge in [0.25, 0.3) is 0 Å². The molecule has 0 saturated carbocycles. The summed E-state index contributed by atoms with van der Waals surface area (Å²) in [5, 5.41) is 0. The molecule has 1 unspecified atom stereocenters. The number of ether oxygens (including phenoxy) is 1. The number of amides is 1. The largest absolute Gasteiger partial charge is 0.444 e. The molecule has 0 N–H and O–H groups in total. The Balaban J connectivity index is 0.00000125. The smallest absolute Gasteiger partial charge is 0.410 e. The van der Waals surface area contributed by atoms with E-state index in [1.165, 1.54) is 5.57 Å². The summed E-state index contributed by atoms with van der Waals surface area (Å²) in [6.07, 6.45) is 13.8. The highest BCUT2D eigenvalue weighted by molar-refractivity contribution is 5.70. The molecule has 2 aliphatic rings. The van der Waals surface area contributed by atoms with Crippen molar-refractivity contribution in [3.8, 4) is 11.1 Å². The summed E-state index contributed by atoms with van der Waals surface area (Å²) in [5.74, 6) is 0. The molecular weight excluding hydrogens is 396 g/mol. The summed E-state index contributed by atoms with van der Waals surface area (Å²) in [5.41, 5.74) is 5.55. The molecule has 4 nitrogen and oxygen atoms in total. The first-order valence-electron chi connectivity index (χ1n) is 10.7. The number of hydrogen-bond acceptors (Lipinski definition) is 3. The maximum atomic E-state index is 12.3. The number of carbonyl (C=O) groups excluding carboxylic acids is 1. The number of carbonyl (C=O) groups is 1. The Morgan fingerprint density at radius 3 is 2.44 bits per heavy atom. The fourth-order valence-corrected chi connectivity index (χ4v) is 3.51. The molecule has 1 amide bonds. The van der Waals surface area contributed by atoms with E-state index in [0.29, 0.717) is 13.1 Å². The molecule has 1 aromatic carbocycles. The van der Waals surface area contributed by atoms with E-state index >= 15 is 0 Å². The Morgan fingerprint density at radius 1 is 1.03 bits per heavy atom. The van der Waals surface area contributed by atoms with Crippen LogP contribution in [0.2, 0.25) is 0 Å². The average molecular weight is 435 g/mol. The Bertz CT molecular complexity index is 925. The molecule has 1 atom stereocenters. The molecule has 32 heavy (non-hydrogen) atoms. The summed E-state index contributed by atoms with van der Waals surface area (Å²) >= 11 is 0. The first-order chi connectivity index (χ1) is 14.7. The lowest BCUT2D eigenvalue weighted by molar-refractivity contribution is 0.132. The fraction of sp³-hybridized carbons (Fsp3) is 0.357. The van der Waals surface area contributed by atoms with Crippen molar-refractivity contribution in [3.05, 3.63) is 89.8 Å². The number of allylic oxidation sites excluding steroid dienone is 5. The lowest BCUT2D eigenvalue weighted by atomic mass is 10.0. The molecule has 4 heteroatoms. The van der Waals surface area contributed by atoms with Crippen LogP contribution in [0.25, 0.3) is 11.1 Å². The fourth-order valence-electron chi connectivity index (χ4n) is 3.51. The molecule has 2 aromatic rings. The SMILES string of the molecule is C.C.CC.Cc1ccc(-c2ccc(CN3CC(CC4=CCC=CC=C4)OC3=O)cc2)cn1. The summed E-state index contributed by atoms with van der Waals surface area (Å²) in [6.45, 7) is 7.17. The van der Waals surface area contributed by atoms with Gasteiger partial charge in [0.05, 0.1) is 6.54 Å². The molecule has 4 rings (SSSR count). The van der Waals surface area contributed by atoms with Crippen molar-refractivity contribution < 1.29 is 9.53 Å². The van der Waals surface area contributed by atoms with Crippen molar-refractivity contribution in [1.82, 2.24) is 9.88 Å². The second kappa shape index (κ2) is 13.3. The highest BCUT2D eigenvalue weighted by Crippen LogP contribution is 2.23. The van der Waals surface area contributed by atoms with E-state index in [9.17, 15) is 4.79 Å². The van der Waals surface area contributed by atoms with Crippen LogP contribution in [0.4, 0.5) is 4.79 Å². The van der Waals surface area contributed by atoms with Crippen LogP contribution in [-0.2, 0) is 11.3 Å². The number of pyridine rings is 1. The normalized spacial score (nSPS) is 16.6. The van der Waals surface area contributed by atoms with Crippen LogP contribution in [0, 0.1) is 6.92 Å². The van der Waals surface area contributed by atoms with Crippen LogP contribution in [0.15, 0.2) is 78.5 Å². The van der Waals surface area contributed by atoms with Crippen LogP contribution in [0.3, 0.4) is 0 Å². The maximum absolute atomic E-state index is 12.3. The van der Waals surface area contributed by atoms with Crippen molar-refractivity contribution in [2.75, 3.05) is 6.54 Å². The van der Waals surface area contributed by atoms with Crippen molar-refractivity contribution in [1.29, 1.82) is 0 Å². The van der Waals surface area contributed by atoms with Gasteiger partial charge in [-0.05, 0) is 36.1 Å². The molecule has 1 aliphatic carbocycles. The van der Waals surface area contributed by atoms with Crippen LogP contribution >= 0.6 is 0 Å². The van der Waals surface area contributed by atoms with Crippen LogP contribution in [-0.4, -0.2) is 28.6 Å². The zero-order chi connectivity index (χ0) is 21.3. The molecule has 0 bridgehead atoms. The predicted molar refractivity (Wildman–Crippen MR) is 135 cm³/mol. The zero-order valence-electron chi connectivity index (χ0n) is 18.0. The van der Waals surface area contributed by atoms with E-state index in [1.54, 1.807) is 4.90 Å². The van der Waals surface area contributed by atoms with Crippen LogP contribution in [0.5, 0.6) is 0 Å².